The lowest BCUT2D eigenvalue weighted by Crippen LogP contribution is -2.59. The first kappa shape index (κ1) is 95.5. The fraction of sp³-hybridized carbons (Fsp3) is 0.654. The highest BCUT2D eigenvalue weighted by atomic mass is 32.2. The molecule has 0 aromatic heterocycles. The van der Waals surface area contributed by atoms with E-state index in [-0.39, 0.29) is 155 Å². The summed E-state index contributed by atoms with van der Waals surface area (Å²) in [5.74, 6) is -4.81. The number of likely N-dealkylation sites (tertiary alicyclic amines) is 2. The molecule has 12 atom stereocenters. The standard InChI is InChI=1S/C81H127FN14O17S/c1-19-50(8)71(94(15)77(105)69(48(4)5)91-75(103)70(49(6)7)92(12)13)62(110-17)40-66(99)96-44-57(39-60(96)72(111-18)52(10)53(11)87-43-51(9)55-28-31-61(109-16)58(82)38-55)113-79(107)86-35-37-93(14)80(108)112-45-54-26-29-56(30-27-54)88-73(101)59(24-23-34-85-78(84)106)89-74(102)68(47(2)3)90-65(98)25-21-20-22-36-95-67(100)41-63(76(95)104)114-46-81(32-33-81)42-64(83)97/h26-31,38,47-50,52,57,59-60,62-63,68-72,87H,9,11,19-25,32-37,39-46H2,1-8,10,12-18H3,(H2,83,97)(H,86,107)(H,88,101)(H,89,102)(H,90,98)(H,91,103)(H3,84,85,106)/t50-,52-,57-,59-,60-,62+,63?,68-,69-,70-,71?,72+/m0/s1. The highest BCUT2D eigenvalue weighted by Gasteiger charge is 2.49. The molecule has 2 saturated heterocycles. The smallest absolute Gasteiger partial charge is 0.409 e. The van der Waals surface area contributed by atoms with E-state index in [0.717, 1.165) is 12.8 Å². The van der Waals surface area contributed by atoms with Crippen LogP contribution in [0.5, 0.6) is 5.75 Å². The average Bonchev–Trinajstić information content (AvgIpc) is 1.63. The number of hydrogen-bond acceptors (Lipinski definition) is 20. The number of nitrogens with two attached hydrogens (primary N) is 2. The van der Waals surface area contributed by atoms with E-state index >= 15 is 4.79 Å². The molecule has 636 valence electrons. The number of nitrogens with zero attached hydrogens (tertiary/aromatic N) is 5. The second kappa shape index (κ2) is 45.9. The molecule has 2 aliphatic heterocycles. The molecule has 11 N–H and O–H groups in total. The topological polar surface area (TPSA) is 403 Å². The lowest BCUT2D eigenvalue weighted by molar-refractivity contribution is -0.147. The second-order valence-corrected chi connectivity index (χ2v) is 32.8. The molecule has 0 spiro atoms. The monoisotopic (exact) mass is 1620 g/mol. The molecule has 0 bridgehead atoms. The maximum atomic E-state index is 15.1. The van der Waals surface area contributed by atoms with Gasteiger partial charge in [-0.25, -0.2) is 18.8 Å². The Morgan fingerprint density at radius 2 is 1.45 bits per heavy atom. The Morgan fingerprint density at radius 3 is 2.03 bits per heavy atom. The summed E-state index contributed by atoms with van der Waals surface area (Å²) < 4.78 is 43.8. The molecule has 1 saturated carbocycles. The number of urea groups is 1. The third kappa shape index (κ3) is 28.7. The number of ether oxygens (including phenoxy) is 5. The van der Waals surface area contributed by atoms with Crippen LogP contribution in [0.3, 0.4) is 0 Å². The van der Waals surface area contributed by atoms with Gasteiger partial charge in [0, 0.05) is 110 Å². The van der Waals surface area contributed by atoms with Crippen molar-refractivity contribution in [3.05, 3.63) is 78.3 Å². The van der Waals surface area contributed by atoms with Crippen LogP contribution in [-0.2, 0) is 68.7 Å². The Hall–Kier alpha value is -9.08. The number of halogens is 1. The van der Waals surface area contributed by atoms with Crippen LogP contribution in [0.2, 0.25) is 0 Å². The van der Waals surface area contributed by atoms with Gasteiger partial charge in [-0.2, -0.15) is 0 Å². The number of imide groups is 1. The van der Waals surface area contributed by atoms with E-state index in [1.54, 1.807) is 61.0 Å². The van der Waals surface area contributed by atoms with Gasteiger partial charge in [0.1, 0.15) is 30.8 Å². The molecule has 2 heterocycles. The molecule has 2 aromatic rings. The molecular formula is C81H127FN14O17S. The average molecular weight is 1620 g/mol. The van der Waals surface area contributed by atoms with E-state index in [2.05, 4.69) is 50.4 Å². The van der Waals surface area contributed by atoms with Crippen molar-refractivity contribution in [1.29, 1.82) is 0 Å². The van der Waals surface area contributed by atoms with Gasteiger partial charge < -0.3 is 87.1 Å². The third-order valence-corrected chi connectivity index (χ3v) is 23.1. The molecule has 1 aliphatic carbocycles. The van der Waals surface area contributed by atoms with Gasteiger partial charge in [0.2, 0.25) is 53.2 Å². The van der Waals surface area contributed by atoms with Gasteiger partial charge >= 0.3 is 18.2 Å². The molecule has 2 aromatic carbocycles. The van der Waals surface area contributed by atoms with E-state index in [4.69, 9.17) is 35.2 Å². The fourth-order valence-corrected chi connectivity index (χ4v) is 15.9. The summed E-state index contributed by atoms with van der Waals surface area (Å²) >= 11 is 1.40. The van der Waals surface area contributed by atoms with Crippen molar-refractivity contribution >= 4 is 94.4 Å². The predicted octanol–water partition coefficient (Wildman–Crippen LogP) is 6.66. The Labute approximate surface area is 675 Å². The summed E-state index contributed by atoms with van der Waals surface area (Å²) in [6.45, 7) is 25.6. The summed E-state index contributed by atoms with van der Waals surface area (Å²) in [7, 11) is 11.1. The molecule has 2 unspecified atom stereocenters. The van der Waals surface area contributed by atoms with E-state index in [1.807, 2.05) is 67.5 Å². The molecule has 5 rings (SSSR count). The van der Waals surface area contributed by atoms with Crippen molar-refractivity contribution in [2.24, 2.45) is 46.5 Å². The maximum Gasteiger partial charge on any atom is 0.409 e. The van der Waals surface area contributed by atoms with Crippen molar-refractivity contribution in [2.45, 2.75) is 212 Å². The van der Waals surface area contributed by atoms with Crippen molar-refractivity contribution in [2.75, 3.05) is 99.9 Å². The number of alkyl carbamates (subject to hydrolysis) is 1. The van der Waals surface area contributed by atoms with Gasteiger partial charge in [0.05, 0.1) is 55.7 Å². The predicted molar refractivity (Wildman–Crippen MR) is 433 cm³/mol. The normalized spacial score (nSPS) is 18.1. The first-order valence-electron chi connectivity index (χ1n) is 39.4. The largest absolute Gasteiger partial charge is 0.494 e. The third-order valence-electron chi connectivity index (χ3n) is 21.5. The number of nitrogens with one attached hydrogen (secondary N) is 7. The van der Waals surface area contributed by atoms with Crippen LogP contribution in [0.25, 0.3) is 5.57 Å². The summed E-state index contributed by atoms with van der Waals surface area (Å²) in [5.41, 5.74) is 13.0. The van der Waals surface area contributed by atoms with Crippen LogP contribution >= 0.6 is 11.8 Å². The molecule has 33 heteroatoms. The second-order valence-electron chi connectivity index (χ2n) is 31.6. The molecule has 0 radical (unpaired) electrons. The molecule has 114 heavy (non-hydrogen) atoms. The SMILES string of the molecule is C=C(CNC(=C)[C@H](C)[C@@H](OC)[C@@H]1C[C@H](OC(=O)NCCN(C)C(=O)OCc2ccc(NC(=O)[C@H](CCCNC(N)=O)NC(=O)[C@@H](NC(=O)CCCCCN3C(=O)CC(SCC4(CC(N)=O)CC4)C3=O)C(C)C)cc2)CN1C(=O)C[C@@H](OC)C([C@@H](C)CC)N(C)C(=O)[C@@H](NC(=O)[C@H](C(C)C)N(C)C)C(C)C)c1ccc(OC)c(F)c1. The van der Waals surface area contributed by atoms with Crippen LogP contribution in [-0.4, -0.2) is 250 Å². The van der Waals surface area contributed by atoms with Crippen LogP contribution in [0, 0.1) is 40.8 Å². The zero-order chi connectivity index (χ0) is 85.0. The Bertz CT molecular complexity index is 3630. The number of carbonyl (C=O) groups is 12. The lowest BCUT2D eigenvalue weighted by atomic mass is 9.89. The first-order valence-corrected chi connectivity index (χ1v) is 40.5. The van der Waals surface area contributed by atoms with Crippen LogP contribution in [0.1, 0.15) is 157 Å². The lowest BCUT2D eigenvalue weighted by Gasteiger charge is -2.41. The number of primary amides is 2. The molecule has 3 fully saturated rings. The van der Waals surface area contributed by atoms with Gasteiger partial charge in [-0.3, -0.25) is 53.0 Å². The molecule has 31 nitrogen and oxygen atoms in total. The highest BCUT2D eigenvalue weighted by molar-refractivity contribution is 8.00. The highest BCUT2D eigenvalue weighted by Crippen LogP contribution is 2.52. The number of rotatable bonds is 49. The Morgan fingerprint density at radius 1 is 0.772 bits per heavy atom. The minimum atomic E-state index is -1.13. The van der Waals surface area contributed by atoms with Crippen LogP contribution in [0.15, 0.2) is 61.3 Å². The number of methoxy groups -OCH3 is 3. The number of anilines is 1. The van der Waals surface area contributed by atoms with Crippen LogP contribution in [0.4, 0.5) is 24.5 Å². The van der Waals surface area contributed by atoms with Crippen molar-refractivity contribution in [3.8, 4) is 5.75 Å². The van der Waals surface area contributed by atoms with Gasteiger partial charge in [-0.15, -0.1) is 11.8 Å². The van der Waals surface area contributed by atoms with Crippen LogP contribution < -0.4 is 53.4 Å². The van der Waals surface area contributed by atoms with E-state index in [9.17, 15) is 57.1 Å². The van der Waals surface area contributed by atoms with Gasteiger partial charge in [-0.05, 0) is 123 Å². The number of thioether (sulfide) groups is 1. The minimum Gasteiger partial charge on any atom is -0.494 e. The summed E-state index contributed by atoms with van der Waals surface area (Å²) in [6, 6.07) is 5.26. The quantitative estimate of drug-likeness (QED) is 0.0247. The number of carbonyl (C=O) groups excluding carboxylic acids is 12. The summed E-state index contributed by atoms with van der Waals surface area (Å²) in [6.07, 6.45) is 0.397. The number of amides is 13. The maximum absolute atomic E-state index is 15.1. The number of likely N-dealkylation sites (N-methyl/N-ethyl adjacent to an activating group) is 3. The summed E-state index contributed by atoms with van der Waals surface area (Å²) in [5, 5.41) is 19.3. The van der Waals surface area contributed by atoms with Crippen molar-refractivity contribution in [3.63, 3.8) is 0 Å². The Kier molecular flexibility index (Phi) is 38.4. The number of unbranched alkanes of at least 4 members (excludes halogenated alkanes) is 2. The number of hydrogen-bond donors (Lipinski definition) is 9. The number of benzene rings is 2. The van der Waals surface area contributed by atoms with Crippen molar-refractivity contribution < 1.29 is 85.6 Å². The Balaban J connectivity index is 1.17. The van der Waals surface area contributed by atoms with Gasteiger partial charge in [0.15, 0.2) is 11.6 Å². The molecular weight excluding hydrogens is 1490 g/mol. The van der Waals surface area contributed by atoms with E-state index < -0.39 is 113 Å². The molecule has 13 amide bonds. The zero-order valence-electron chi connectivity index (χ0n) is 69.6. The zero-order valence-corrected chi connectivity index (χ0v) is 70.4. The summed E-state index contributed by atoms with van der Waals surface area (Å²) in [4.78, 5) is 168. The molecule has 3 aliphatic rings. The van der Waals surface area contributed by atoms with Crippen molar-refractivity contribution in [1.82, 2.24) is 56.4 Å². The minimum absolute atomic E-state index is 0.0125. The van der Waals surface area contributed by atoms with E-state index in [1.165, 1.54) is 62.1 Å². The van der Waals surface area contributed by atoms with Gasteiger partial charge in [-0.1, -0.05) is 107 Å². The van der Waals surface area contributed by atoms with Gasteiger partial charge in [0.25, 0.3) is 0 Å². The fourth-order valence-electron chi connectivity index (χ4n) is 14.4. The first-order chi connectivity index (χ1) is 53.8. The van der Waals surface area contributed by atoms with E-state index in [0.29, 0.717) is 59.5 Å².